The van der Waals surface area contributed by atoms with Crippen LogP contribution in [0.2, 0.25) is 0 Å². The van der Waals surface area contributed by atoms with Gasteiger partial charge in [-0.05, 0) is 36.6 Å². The molecule has 0 aliphatic rings. The average molecular weight is 295 g/mol. The second kappa shape index (κ2) is 7.73. The van der Waals surface area contributed by atoms with E-state index in [0.717, 1.165) is 12.0 Å². The number of pyridine rings is 1. The molecule has 0 spiro atoms. The van der Waals surface area contributed by atoms with Gasteiger partial charge in [0.25, 0.3) is 5.91 Å². The van der Waals surface area contributed by atoms with E-state index in [2.05, 4.69) is 22.1 Å². The molecule has 1 amide bonds. The number of hydrogen-bond donors (Lipinski definition) is 2. The van der Waals surface area contributed by atoms with Crippen LogP contribution in [0.3, 0.4) is 0 Å². The van der Waals surface area contributed by atoms with Crippen LogP contribution in [0.25, 0.3) is 0 Å². The predicted molar refractivity (Wildman–Crippen MR) is 85.9 cm³/mol. The molecule has 0 radical (unpaired) electrons. The van der Waals surface area contributed by atoms with Crippen molar-refractivity contribution in [3.8, 4) is 5.75 Å². The molecule has 0 aliphatic carbocycles. The molecule has 5 nitrogen and oxygen atoms in total. The summed E-state index contributed by atoms with van der Waals surface area (Å²) in [5.74, 6) is -0.237. The van der Waals surface area contributed by atoms with Crippen LogP contribution in [0.5, 0.6) is 5.75 Å². The van der Waals surface area contributed by atoms with Gasteiger partial charge in [0.15, 0.2) is 0 Å². The maximum atomic E-state index is 11.8. The summed E-state index contributed by atoms with van der Waals surface area (Å²) in [5.41, 5.74) is 4.02. The first-order chi connectivity index (χ1) is 10.7. The second-order valence-corrected chi connectivity index (χ2v) is 4.60. The van der Waals surface area contributed by atoms with Crippen LogP contribution in [-0.2, 0) is 6.42 Å². The molecule has 1 aromatic carbocycles. The number of hydrogen-bond acceptors (Lipinski definition) is 4. The molecule has 22 heavy (non-hydrogen) atoms. The number of nitrogens with zero attached hydrogens (tertiary/aromatic N) is 2. The normalized spacial score (nSPS) is 10.5. The van der Waals surface area contributed by atoms with Crippen molar-refractivity contribution in [1.82, 2.24) is 10.4 Å². The number of aromatic nitrogens is 1. The molecule has 0 saturated carbocycles. The molecule has 2 rings (SSSR count). The first kappa shape index (κ1) is 15.4. The Hall–Kier alpha value is -2.95. The number of aromatic hydroxyl groups is 1. The van der Waals surface area contributed by atoms with Gasteiger partial charge in [-0.1, -0.05) is 24.3 Å². The van der Waals surface area contributed by atoms with Gasteiger partial charge in [0.05, 0.1) is 6.21 Å². The van der Waals surface area contributed by atoms with E-state index in [4.69, 9.17) is 0 Å². The van der Waals surface area contributed by atoms with Crippen molar-refractivity contribution in [2.24, 2.45) is 5.10 Å². The first-order valence-electron chi connectivity index (χ1n) is 6.88. The van der Waals surface area contributed by atoms with Crippen molar-refractivity contribution in [1.29, 1.82) is 0 Å². The number of hydrazone groups is 1. The number of carbonyl (C=O) groups is 1. The van der Waals surface area contributed by atoms with Crippen LogP contribution in [0.1, 0.15) is 28.0 Å². The molecular formula is C17H17N3O2. The minimum atomic E-state index is -0.404. The third-order valence-corrected chi connectivity index (χ3v) is 3.04. The maximum absolute atomic E-state index is 11.8. The minimum Gasteiger partial charge on any atom is -0.507 e. The van der Waals surface area contributed by atoms with Crippen molar-refractivity contribution < 1.29 is 9.90 Å². The van der Waals surface area contributed by atoms with Gasteiger partial charge >= 0.3 is 0 Å². The van der Waals surface area contributed by atoms with Gasteiger partial charge in [-0.25, -0.2) is 5.43 Å². The largest absolute Gasteiger partial charge is 0.507 e. The molecule has 1 heterocycles. The Labute approximate surface area is 129 Å². The molecule has 112 valence electrons. The topological polar surface area (TPSA) is 74.6 Å². The number of benzene rings is 1. The number of allylic oxidation sites excluding steroid dienone is 1. The first-order valence-corrected chi connectivity index (χ1v) is 6.88. The predicted octanol–water partition coefficient (Wildman–Crippen LogP) is 2.67. The number of para-hydroxylation sites is 1. The quantitative estimate of drug-likeness (QED) is 0.489. The Morgan fingerprint density at radius 3 is 2.91 bits per heavy atom. The highest BCUT2D eigenvalue weighted by Crippen LogP contribution is 2.22. The SMILES string of the molecule is C=CCCc1cccc(/C=N/NC(=O)c2ccccn2)c1O. The zero-order valence-corrected chi connectivity index (χ0v) is 12.1. The van der Waals surface area contributed by atoms with Gasteiger partial charge < -0.3 is 5.11 Å². The van der Waals surface area contributed by atoms with E-state index in [9.17, 15) is 9.90 Å². The number of rotatable bonds is 6. The Balaban J connectivity index is 2.04. The molecule has 0 unspecified atom stereocenters. The molecule has 0 atom stereocenters. The molecule has 0 bridgehead atoms. The van der Waals surface area contributed by atoms with E-state index < -0.39 is 5.91 Å². The van der Waals surface area contributed by atoms with Crippen LogP contribution in [0.15, 0.2) is 60.4 Å². The van der Waals surface area contributed by atoms with Crippen LogP contribution in [0, 0.1) is 0 Å². The third-order valence-electron chi connectivity index (χ3n) is 3.04. The van der Waals surface area contributed by atoms with Crippen molar-refractivity contribution in [2.45, 2.75) is 12.8 Å². The third kappa shape index (κ3) is 4.02. The fourth-order valence-electron chi connectivity index (χ4n) is 1.89. The van der Waals surface area contributed by atoms with E-state index in [1.807, 2.05) is 12.1 Å². The highest BCUT2D eigenvalue weighted by molar-refractivity contribution is 5.93. The number of phenolic OH excluding ortho intramolecular Hbond substituents is 1. The Morgan fingerprint density at radius 2 is 2.18 bits per heavy atom. The summed E-state index contributed by atoms with van der Waals surface area (Å²) in [5, 5.41) is 14.0. The number of phenols is 1. The van der Waals surface area contributed by atoms with Crippen molar-refractivity contribution in [3.05, 3.63) is 72.1 Å². The van der Waals surface area contributed by atoms with E-state index in [-0.39, 0.29) is 11.4 Å². The maximum Gasteiger partial charge on any atom is 0.289 e. The highest BCUT2D eigenvalue weighted by Gasteiger charge is 2.06. The molecule has 2 aromatic rings. The molecule has 0 aliphatic heterocycles. The number of amides is 1. The fourth-order valence-corrected chi connectivity index (χ4v) is 1.89. The zero-order valence-electron chi connectivity index (χ0n) is 12.1. The molecule has 1 aromatic heterocycles. The van der Waals surface area contributed by atoms with Crippen molar-refractivity contribution in [3.63, 3.8) is 0 Å². The summed E-state index contributed by atoms with van der Waals surface area (Å²) in [4.78, 5) is 15.7. The average Bonchev–Trinajstić information content (AvgIpc) is 2.56. The highest BCUT2D eigenvalue weighted by atomic mass is 16.3. The monoisotopic (exact) mass is 295 g/mol. The van der Waals surface area contributed by atoms with E-state index in [1.54, 1.807) is 30.3 Å². The Morgan fingerprint density at radius 1 is 1.32 bits per heavy atom. The smallest absolute Gasteiger partial charge is 0.289 e. The minimum absolute atomic E-state index is 0.167. The summed E-state index contributed by atoms with van der Waals surface area (Å²) < 4.78 is 0. The molecular weight excluding hydrogens is 278 g/mol. The van der Waals surface area contributed by atoms with Crippen LogP contribution >= 0.6 is 0 Å². The van der Waals surface area contributed by atoms with Crippen molar-refractivity contribution in [2.75, 3.05) is 0 Å². The lowest BCUT2D eigenvalue weighted by molar-refractivity contribution is 0.0950. The lowest BCUT2D eigenvalue weighted by Gasteiger charge is -2.05. The van der Waals surface area contributed by atoms with Crippen LogP contribution in [-0.4, -0.2) is 22.2 Å². The molecule has 0 saturated heterocycles. The number of aryl methyl sites for hydroxylation is 1. The van der Waals surface area contributed by atoms with E-state index >= 15 is 0 Å². The van der Waals surface area contributed by atoms with E-state index in [0.29, 0.717) is 12.0 Å². The number of nitrogens with one attached hydrogen (secondary N) is 1. The summed E-state index contributed by atoms with van der Waals surface area (Å²) in [6.45, 7) is 3.66. The summed E-state index contributed by atoms with van der Waals surface area (Å²) >= 11 is 0. The summed E-state index contributed by atoms with van der Waals surface area (Å²) in [6.07, 6.45) is 6.23. The van der Waals surface area contributed by atoms with Crippen LogP contribution in [0.4, 0.5) is 0 Å². The summed E-state index contributed by atoms with van der Waals surface area (Å²) in [6, 6.07) is 10.5. The van der Waals surface area contributed by atoms with Gasteiger partial charge in [-0.15, -0.1) is 6.58 Å². The summed E-state index contributed by atoms with van der Waals surface area (Å²) in [7, 11) is 0. The van der Waals surface area contributed by atoms with Gasteiger partial charge in [-0.2, -0.15) is 5.10 Å². The number of carbonyl (C=O) groups excluding carboxylic acids is 1. The molecule has 5 heteroatoms. The molecule has 0 fully saturated rings. The second-order valence-electron chi connectivity index (χ2n) is 4.60. The Kier molecular flexibility index (Phi) is 5.43. The van der Waals surface area contributed by atoms with Gasteiger partial charge in [0.1, 0.15) is 11.4 Å². The lowest BCUT2D eigenvalue weighted by Crippen LogP contribution is -2.18. The van der Waals surface area contributed by atoms with E-state index in [1.165, 1.54) is 12.4 Å². The van der Waals surface area contributed by atoms with Gasteiger partial charge in [0.2, 0.25) is 0 Å². The van der Waals surface area contributed by atoms with Crippen LogP contribution < -0.4 is 5.43 Å². The standard InChI is InChI=1S/C17H17N3O2/c1-2-3-7-13-8-6-9-14(16(13)21)12-19-20-17(22)15-10-4-5-11-18-15/h2,4-6,8-12,21H,1,3,7H2,(H,20,22)/b19-12+. The van der Waals surface area contributed by atoms with Crippen molar-refractivity contribution >= 4 is 12.1 Å². The van der Waals surface area contributed by atoms with Gasteiger partial charge in [-0.3, -0.25) is 9.78 Å². The zero-order chi connectivity index (χ0) is 15.8. The fraction of sp³-hybridized carbons (Fsp3) is 0.118. The Bertz CT molecular complexity index is 682. The lowest BCUT2D eigenvalue weighted by atomic mass is 10.1. The van der Waals surface area contributed by atoms with Gasteiger partial charge in [0, 0.05) is 11.8 Å². The molecule has 2 N–H and O–H groups in total.